The zero-order valence-corrected chi connectivity index (χ0v) is 15.0. The van der Waals surface area contributed by atoms with Crippen molar-refractivity contribution in [1.82, 2.24) is 0 Å². The fourth-order valence-electron chi connectivity index (χ4n) is 3.68. The van der Waals surface area contributed by atoms with Gasteiger partial charge in [0, 0.05) is 29.3 Å². The second-order valence-electron chi connectivity index (χ2n) is 8.12. The molecule has 1 N–H and O–H groups in total. The maximum atomic E-state index is 12.6. The molecule has 0 aromatic heterocycles. The van der Waals surface area contributed by atoms with Gasteiger partial charge >= 0.3 is 0 Å². The minimum Gasteiger partial charge on any atom is -0.326 e. The first-order valence-electron chi connectivity index (χ1n) is 9.12. The van der Waals surface area contributed by atoms with Gasteiger partial charge in [-0.3, -0.25) is 9.59 Å². The van der Waals surface area contributed by atoms with E-state index in [2.05, 4.69) is 5.32 Å². The highest BCUT2D eigenvalue weighted by Crippen LogP contribution is 2.34. The average molecular weight is 328 g/mol. The topological polar surface area (TPSA) is 49.4 Å². The summed E-state index contributed by atoms with van der Waals surface area (Å²) in [7, 11) is 0. The zero-order chi connectivity index (χ0) is 17.3. The lowest BCUT2D eigenvalue weighted by Crippen LogP contribution is -2.38. The normalized spacial score (nSPS) is 18.4. The summed E-state index contributed by atoms with van der Waals surface area (Å²) in [4.78, 5) is 27.0. The van der Waals surface area contributed by atoms with E-state index in [0.717, 1.165) is 50.0 Å². The van der Waals surface area contributed by atoms with E-state index in [1.165, 1.54) is 12.0 Å². The zero-order valence-electron chi connectivity index (χ0n) is 15.0. The van der Waals surface area contributed by atoms with Crippen molar-refractivity contribution in [2.75, 3.05) is 16.8 Å². The fraction of sp³-hybridized carbons (Fsp3) is 0.600. The number of amides is 2. The molecule has 1 saturated carbocycles. The summed E-state index contributed by atoms with van der Waals surface area (Å²) in [5.74, 6) is 0.401. The van der Waals surface area contributed by atoms with Crippen LogP contribution in [0.25, 0.3) is 0 Å². The molecule has 0 spiro atoms. The van der Waals surface area contributed by atoms with Gasteiger partial charge in [-0.05, 0) is 37.0 Å². The van der Waals surface area contributed by atoms with E-state index in [9.17, 15) is 9.59 Å². The summed E-state index contributed by atoms with van der Waals surface area (Å²) in [5, 5.41) is 3.06. The summed E-state index contributed by atoms with van der Waals surface area (Å²) >= 11 is 0. The van der Waals surface area contributed by atoms with Gasteiger partial charge in [0.05, 0.1) is 0 Å². The molecule has 1 aliphatic carbocycles. The van der Waals surface area contributed by atoms with Gasteiger partial charge in [0.15, 0.2) is 0 Å². The quantitative estimate of drug-likeness (QED) is 0.887. The molecular weight excluding hydrogens is 300 g/mol. The molecule has 4 heteroatoms. The van der Waals surface area contributed by atoms with Crippen LogP contribution in [0.5, 0.6) is 0 Å². The summed E-state index contributed by atoms with van der Waals surface area (Å²) in [6, 6.07) is 5.97. The molecule has 2 amide bonds. The average Bonchev–Trinajstić information content (AvgIpc) is 2.97. The minimum absolute atomic E-state index is 0.126. The Bertz CT molecular complexity index is 640. The van der Waals surface area contributed by atoms with Crippen molar-refractivity contribution in [3.8, 4) is 0 Å². The number of nitrogens with one attached hydrogen (secondary N) is 1. The number of rotatable bonds is 2. The van der Waals surface area contributed by atoms with Crippen LogP contribution in [0.3, 0.4) is 0 Å². The van der Waals surface area contributed by atoms with E-state index in [4.69, 9.17) is 0 Å². The second-order valence-corrected chi connectivity index (χ2v) is 8.12. The van der Waals surface area contributed by atoms with Crippen molar-refractivity contribution < 1.29 is 9.59 Å². The van der Waals surface area contributed by atoms with Gasteiger partial charge in [-0.15, -0.1) is 0 Å². The van der Waals surface area contributed by atoms with E-state index in [1.54, 1.807) is 0 Å². The Morgan fingerprint density at radius 3 is 2.50 bits per heavy atom. The Labute approximate surface area is 144 Å². The van der Waals surface area contributed by atoms with Gasteiger partial charge in [0.1, 0.15) is 0 Å². The molecule has 0 atom stereocenters. The second kappa shape index (κ2) is 6.58. The van der Waals surface area contributed by atoms with Gasteiger partial charge in [0.25, 0.3) is 0 Å². The summed E-state index contributed by atoms with van der Waals surface area (Å²) in [5.41, 5.74) is 2.54. The lowest BCUT2D eigenvalue weighted by atomic mass is 9.88. The highest BCUT2D eigenvalue weighted by molar-refractivity contribution is 6.00. The third-order valence-corrected chi connectivity index (χ3v) is 5.11. The van der Waals surface area contributed by atoms with E-state index >= 15 is 0 Å². The monoisotopic (exact) mass is 328 g/mol. The van der Waals surface area contributed by atoms with E-state index in [0.29, 0.717) is 0 Å². The summed E-state index contributed by atoms with van der Waals surface area (Å²) in [6.45, 7) is 6.57. The Morgan fingerprint density at radius 1 is 1.12 bits per heavy atom. The maximum Gasteiger partial charge on any atom is 0.232 e. The molecule has 1 aromatic rings. The number of carbonyl (C=O) groups excluding carboxylic acids is 2. The van der Waals surface area contributed by atoms with E-state index in [1.807, 2.05) is 43.9 Å². The van der Waals surface area contributed by atoms with Crippen molar-refractivity contribution in [2.45, 2.75) is 59.3 Å². The van der Waals surface area contributed by atoms with Gasteiger partial charge in [-0.1, -0.05) is 46.1 Å². The molecule has 1 fully saturated rings. The van der Waals surface area contributed by atoms with Gasteiger partial charge in [0.2, 0.25) is 11.8 Å². The van der Waals surface area contributed by atoms with E-state index < -0.39 is 5.41 Å². The lowest BCUT2D eigenvalue weighted by molar-refractivity contribution is -0.125. The minimum atomic E-state index is -0.400. The lowest BCUT2D eigenvalue weighted by Gasteiger charge is -2.26. The molecule has 24 heavy (non-hydrogen) atoms. The van der Waals surface area contributed by atoms with Crippen LogP contribution >= 0.6 is 0 Å². The highest BCUT2D eigenvalue weighted by atomic mass is 16.2. The van der Waals surface area contributed by atoms with Gasteiger partial charge in [-0.25, -0.2) is 0 Å². The number of hydrogen-bond donors (Lipinski definition) is 1. The highest BCUT2D eigenvalue weighted by Gasteiger charge is 2.32. The number of carbonyl (C=O) groups is 2. The molecule has 130 valence electrons. The smallest absolute Gasteiger partial charge is 0.232 e. The van der Waals surface area contributed by atoms with Crippen LogP contribution in [-0.4, -0.2) is 18.4 Å². The molecule has 4 nitrogen and oxygen atoms in total. The predicted octanol–water partition coefficient (Wildman–Crippen LogP) is 4.14. The van der Waals surface area contributed by atoms with Gasteiger partial charge < -0.3 is 10.2 Å². The van der Waals surface area contributed by atoms with Crippen molar-refractivity contribution in [3.05, 3.63) is 23.8 Å². The maximum absolute atomic E-state index is 12.6. The molecule has 1 aliphatic heterocycles. The number of anilines is 2. The van der Waals surface area contributed by atoms with Crippen molar-refractivity contribution in [1.29, 1.82) is 0 Å². The Morgan fingerprint density at radius 2 is 1.83 bits per heavy atom. The SMILES string of the molecule is CC(C)(C)C(=O)N1CCc2ccc(NC(=O)C3CCCCC3)cc21. The van der Waals surface area contributed by atoms with Crippen molar-refractivity contribution in [3.63, 3.8) is 0 Å². The largest absolute Gasteiger partial charge is 0.326 e. The first kappa shape index (κ1) is 17.0. The van der Waals surface area contributed by atoms with Crippen LogP contribution in [0.1, 0.15) is 58.4 Å². The standard InChI is InChI=1S/C20H28N2O2/c1-20(2,3)19(24)22-12-11-14-9-10-16(13-17(14)22)21-18(23)15-7-5-4-6-8-15/h9-10,13,15H,4-8,11-12H2,1-3H3,(H,21,23). The van der Waals surface area contributed by atoms with Crippen LogP contribution in [0, 0.1) is 11.3 Å². The third-order valence-electron chi connectivity index (χ3n) is 5.11. The Kier molecular flexibility index (Phi) is 4.66. The Balaban J connectivity index is 1.76. The van der Waals surface area contributed by atoms with E-state index in [-0.39, 0.29) is 17.7 Å². The fourth-order valence-corrected chi connectivity index (χ4v) is 3.68. The van der Waals surface area contributed by atoms with Crippen LogP contribution in [0.2, 0.25) is 0 Å². The predicted molar refractivity (Wildman–Crippen MR) is 97.2 cm³/mol. The Hall–Kier alpha value is -1.84. The summed E-state index contributed by atoms with van der Waals surface area (Å²) < 4.78 is 0. The van der Waals surface area contributed by atoms with Crippen LogP contribution < -0.4 is 10.2 Å². The molecule has 3 rings (SSSR count). The third kappa shape index (κ3) is 3.47. The van der Waals surface area contributed by atoms with Crippen molar-refractivity contribution in [2.24, 2.45) is 11.3 Å². The number of benzene rings is 1. The molecule has 0 bridgehead atoms. The molecule has 0 saturated heterocycles. The summed E-state index contributed by atoms with van der Waals surface area (Å²) in [6.07, 6.45) is 6.41. The molecule has 1 aromatic carbocycles. The molecule has 2 aliphatic rings. The first-order chi connectivity index (χ1) is 11.4. The first-order valence-corrected chi connectivity index (χ1v) is 9.12. The molecule has 0 radical (unpaired) electrons. The molecule has 1 heterocycles. The number of nitrogens with zero attached hydrogens (tertiary/aromatic N) is 1. The van der Waals surface area contributed by atoms with Crippen LogP contribution in [-0.2, 0) is 16.0 Å². The van der Waals surface area contributed by atoms with Crippen LogP contribution in [0.4, 0.5) is 11.4 Å². The molecule has 0 unspecified atom stereocenters. The number of fused-ring (bicyclic) bond motifs is 1. The van der Waals surface area contributed by atoms with Crippen LogP contribution in [0.15, 0.2) is 18.2 Å². The van der Waals surface area contributed by atoms with Crippen molar-refractivity contribution >= 4 is 23.2 Å². The molecular formula is C20H28N2O2. The van der Waals surface area contributed by atoms with Gasteiger partial charge in [-0.2, -0.15) is 0 Å². The number of hydrogen-bond acceptors (Lipinski definition) is 2.